The lowest BCUT2D eigenvalue weighted by Crippen LogP contribution is -2.36. The van der Waals surface area contributed by atoms with E-state index in [2.05, 4.69) is 25.3 Å². The van der Waals surface area contributed by atoms with Crippen LogP contribution in [0.5, 0.6) is 5.75 Å². The van der Waals surface area contributed by atoms with Crippen molar-refractivity contribution in [2.24, 2.45) is 0 Å². The number of carbonyl (C=O) groups excluding carboxylic acids is 1. The fraction of sp³-hybridized carbons (Fsp3) is 0.300. The largest absolute Gasteiger partial charge is 0.497 e. The second kappa shape index (κ2) is 8.17. The summed E-state index contributed by atoms with van der Waals surface area (Å²) in [5.41, 5.74) is 6.25. The van der Waals surface area contributed by atoms with Crippen LogP contribution in [0.15, 0.2) is 48.8 Å². The molecule has 1 saturated heterocycles. The Kier molecular flexibility index (Phi) is 5.28. The minimum Gasteiger partial charge on any atom is -0.497 e. The zero-order valence-electron chi connectivity index (χ0n) is 16.2. The van der Waals surface area contributed by atoms with Gasteiger partial charge in [-0.1, -0.05) is 0 Å². The summed E-state index contributed by atoms with van der Waals surface area (Å²) >= 11 is 0. The molecule has 2 aromatic heterocycles. The number of nitrogens with two attached hydrogens (primary N) is 1. The summed E-state index contributed by atoms with van der Waals surface area (Å²) in [4.78, 5) is 23.0. The van der Waals surface area contributed by atoms with Gasteiger partial charge in [0.2, 0.25) is 5.95 Å². The number of aromatic nitrogens is 4. The van der Waals surface area contributed by atoms with Crippen molar-refractivity contribution in [3.05, 3.63) is 54.4 Å². The molecule has 0 atom stereocenters. The topological polar surface area (TPSA) is 111 Å². The van der Waals surface area contributed by atoms with E-state index >= 15 is 0 Å². The summed E-state index contributed by atoms with van der Waals surface area (Å²) in [5.74, 6) is 2.34. The van der Waals surface area contributed by atoms with Gasteiger partial charge in [-0.05, 0) is 43.2 Å². The smallest absolute Gasteiger partial charge is 0.256 e. The Hall–Kier alpha value is -3.62. The number of hydrogen-bond donors (Lipinski definition) is 2. The number of nitrogens with one attached hydrogen (secondary N) is 1. The van der Waals surface area contributed by atoms with Crippen molar-refractivity contribution in [3.63, 3.8) is 0 Å². The first kappa shape index (κ1) is 18.7. The summed E-state index contributed by atoms with van der Waals surface area (Å²) in [5, 5.41) is 7.41. The Morgan fingerprint density at radius 1 is 1.14 bits per heavy atom. The Labute approximate surface area is 168 Å². The van der Waals surface area contributed by atoms with Crippen molar-refractivity contribution < 1.29 is 9.53 Å². The van der Waals surface area contributed by atoms with Crippen LogP contribution in [-0.2, 0) is 0 Å². The zero-order chi connectivity index (χ0) is 20.2. The molecule has 1 aliphatic rings. The van der Waals surface area contributed by atoms with Crippen molar-refractivity contribution in [1.29, 1.82) is 0 Å². The lowest BCUT2D eigenvalue weighted by Gasteiger charge is -2.33. The Morgan fingerprint density at radius 3 is 2.59 bits per heavy atom. The van der Waals surface area contributed by atoms with E-state index in [-0.39, 0.29) is 17.9 Å². The van der Waals surface area contributed by atoms with Gasteiger partial charge in [0.05, 0.1) is 19.3 Å². The number of rotatable bonds is 5. The van der Waals surface area contributed by atoms with E-state index in [4.69, 9.17) is 10.5 Å². The van der Waals surface area contributed by atoms with Crippen LogP contribution >= 0.6 is 0 Å². The monoisotopic (exact) mass is 393 g/mol. The molecule has 3 heterocycles. The fourth-order valence-corrected chi connectivity index (χ4v) is 3.51. The molecule has 1 fully saturated rings. The molecule has 3 aromatic rings. The number of amides is 1. The zero-order valence-corrected chi connectivity index (χ0v) is 16.2. The molecule has 1 amide bonds. The number of ether oxygens (including phenoxy) is 1. The van der Waals surface area contributed by atoms with E-state index in [9.17, 15) is 4.79 Å². The van der Waals surface area contributed by atoms with Crippen molar-refractivity contribution in [2.45, 2.75) is 18.9 Å². The second-order valence-corrected chi connectivity index (χ2v) is 6.83. The standard InChI is InChI=1S/C20H23N7O2/c1-29-16-4-2-14(3-5-16)19(28)24-18-7-11-23-27(18)15-8-12-26(13-9-15)17-6-10-22-20(21)25-17/h2-7,10-11,15H,8-9,12-13H2,1H3,(H,24,28)(H2,21,22,25). The molecule has 0 spiro atoms. The van der Waals surface area contributed by atoms with Crippen LogP contribution < -0.4 is 20.7 Å². The SMILES string of the molecule is COc1ccc(C(=O)Nc2ccnn2C2CCN(c3ccnc(N)n3)CC2)cc1. The van der Waals surface area contributed by atoms with Gasteiger partial charge in [-0.3, -0.25) is 4.79 Å². The molecule has 0 saturated carbocycles. The third-order valence-electron chi connectivity index (χ3n) is 5.06. The molecule has 0 bridgehead atoms. The van der Waals surface area contributed by atoms with Crippen LogP contribution in [0.25, 0.3) is 0 Å². The average Bonchev–Trinajstić information content (AvgIpc) is 3.22. The molecule has 0 unspecified atom stereocenters. The predicted octanol–water partition coefficient (Wildman–Crippen LogP) is 2.36. The van der Waals surface area contributed by atoms with Crippen molar-refractivity contribution in [1.82, 2.24) is 19.7 Å². The minimum absolute atomic E-state index is 0.178. The lowest BCUT2D eigenvalue weighted by atomic mass is 10.1. The minimum atomic E-state index is -0.178. The number of carbonyl (C=O) groups is 1. The molecule has 1 aliphatic heterocycles. The Bertz CT molecular complexity index is 979. The molecular formula is C20H23N7O2. The second-order valence-electron chi connectivity index (χ2n) is 6.83. The fourth-order valence-electron chi connectivity index (χ4n) is 3.51. The van der Waals surface area contributed by atoms with Gasteiger partial charge in [0.1, 0.15) is 17.4 Å². The first-order valence-corrected chi connectivity index (χ1v) is 9.46. The summed E-state index contributed by atoms with van der Waals surface area (Å²) in [6, 6.07) is 10.9. The van der Waals surface area contributed by atoms with Gasteiger partial charge in [0.15, 0.2) is 0 Å². The maximum atomic E-state index is 12.6. The van der Waals surface area contributed by atoms with Crippen LogP contribution in [0.2, 0.25) is 0 Å². The van der Waals surface area contributed by atoms with Gasteiger partial charge < -0.3 is 20.7 Å². The van der Waals surface area contributed by atoms with E-state index in [0.717, 1.165) is 31.7 Å². The number of benzene rings is 1. The molecule has 4 rings (SSSR count). The van der Waals surface area contributed by atoms with Gasteiger partial charge in [0.25, 0.3) is 5.91 Å². The van der Waals surface area contributed by atoms with Crippen molar-refractivity contribution in [3.8, 4) is 5.75 Å². The molecule has 9 heteroatoms. The highest BCUT2D eigenvalue weighted by Gasteiger charge is 2.24. The highest BCUT2D eigenvalue weighted by molar-refractivity contribution is 6.03. The van der Waals surface area contributed by atoms with E-state index in [1.165, 1.54) is 0 Å². The van der Waals surface area contributed by atoms with Crippen LogP contribution in [0.3, 0.4) is 0 Å². The number of nitrogen functional groups attached to an aromatic ring is 1. The van der Waals surface area contributed by atoms with E-state index < -0.39 is 0 Å². The van der Waals surface area contributed by atoms with Gasteiger partial charge >= 0.3 is 0 Å². The van der Waals surface area contributed by atoms with Crippen molar-refractivity contribution in [2.75, 3.05) is 36.1 Å². The van der Waals surface area contributed by atoms with Crippen molar-refractivity contribution >= 4 is 23.5 Å². The van der Waals surface area contributed by atoms with Crippen LogP contribution in [0.4, 0.5) is 17.6 Å². The van der Waals surface area contributed by atoms with E-state index in [1.54, 1.807) is 43.8 Å². The Morgan fingerprint density at radius 2 is 1.90 bits per heavy atom. The highest BCUT2D eigenvalue weighted by atomic mass is 16.5. The molecule has 0 radical (unpaired) electrons. The lowest BCUT2D eigenvalue weighted by molar-refractivity contribution is 0.102. The van der Waals surface area contributed by atoms with Crippen LogP contribution in [-0.4, -0.2) is 45.9 Å². The molecule has 29 heavy (non-hydrogen) atoms. The molecule has 1 aromatic carbocycles. The number of methoxy groups -OCH3 is 1. The third kappa shape index (κ3) is 4.13. The van der Waals surface area contributed by atoms with Gasteiger partial charge in [-0.25, -0.2) is 9.67 Å². The van der Waals surface area contributed by atoms with E-state index in [1.807, 2.05) is 16.8 Å². The molecular weight excluding hydrogens is 370 g/mol. The summed E-state index contributed by atoms with van der Waals surface area (Å²) in [7, 11) is 1.60. The van der Waals surface area contributed by atoms with Crippen LogP contribution in [0.1, 0.15) is 29.2 Å². The quantitative estimate of drug-likeness (QED) is 0.684. The molecule has 9 nitrogen and oxygen atoms in total. The van der Waals surface area contributed by atoms with Crippen LogP contribution in [0, 0.1) is 0 Å². The maximum Gasteiger partial charge on any atom is 0.256 e. The summed E-state index contributed by atoms with van der Waals surface area (Å²) in [6.07, 6.45) is 5.15. The normalized spacial score (nSPS) is 14.6. The number of nitrogens with zero attached hydrogens (tertiary/aromatic N) is 5. The molecule has 3 N–H and O–H groups in total. The predicted molar refractivity (Wildman–Crippen MR) is 110 cm³/mol. The third-order valence-corrected chi connectivity index (χ3v) is 5.06. The first-order valence-electron chi connectivity index (χ1n) is 9.46. The Balaban J connectivity index is 1.41. The first-order chi connectivity index (χ1) is 14.1. The molecule has 150 valence electrons. The van der Waals surface area contributed by atoms with Gasteiger partial charge in [-0.15, -0.1) is 0 Å². The summed E-state index contributed by atoms with van der Waals surface area (Å²) < 4.78 is 7.03. The number of hydrogen-bond acceptors (Lipinski definition) is 7. The average molecular weight is 393 g/mol. The highest BCUT2D eigenvalue weighted by Crippen LogP contribution is 2.28. The van der Waals surface area contributed by atoms with E-state index in [0.29, 0.717) is 17.1 Å². The number of anilines is 3. The molecule has 0 aliphatic carbocycles. The van der Waals surface area contributed by atoms with Gasteiger partial charge in [0, 0.05) is 30.9 Å². The maximum absolute atomic E-state index is 12.6. The van der Waals surface area contributed by atoms with Gasteiger partial charge in [-0.2, -0.15) is 10.1 Å². The number of piperidine rings is 1. The summed E-state index contributed by atoms with van der Waals surface area (Å²) in [6.45, 7) is 1.65.